The second-order valence-corrected chi connectivity index (χ2v) is 7.95. The molecule has 4 aromatic carbocycles. The molecule has 0 unspecified atom stereocenters. The minimum atomic E-state index is 0. The molecular formula is C25H30Cl2N2. The van der Waals surface area contributed by atoms with Crippen LogP contribution in [0.25, 0.3) is 32.3 Å². The van der Waals surface area contributed by atoms with E-state index in [0.29, 0.717) is 6.04 Å². The maximum Gasteiger partial charge on any atom is 0.0355 e. The van der Waals surface area contributed by atoms with Gasteiger partial charge >= 0.3 is 0 Å². The normalized spacial score (nSPS) is 16.0. The zero-order chi connectivity index (χ0) is 18.2. The summed E-state index contributed by atoms with van der Waals surface area (Å²) in [5.41, 5.74) is 1.52. The van der Waals surface area contributed by atoms with Crippen molar-refractivity contribution in [2.75, 3.05) is 26.2 Å². The molecule has 0 spiro atoms. The molecule has 1 aliphatic rings. The van der Waals surface area contributed by atoms with E-state index >= 15 is 0 Å². The topological polar surface area (TPSA) is 15.3 Å². The fraction of sp³-hybridized carbons (Fsp3) is 0.360. The fourth-order valence-electron chi connectivity index (χ4n) is 4.97. The van der Waals surface area contributed by atoms with E-state index < -0.39 is 0 Å². The summed E-state index contributed by atoms with van der Waals surface area (Å²) in [6.07, 6.45) is 3.80. The van der Waals surface area contributed by atoms with Crippen molar-refractivity contribution in [2.24, 2.45) is 0 Å². The molecule has 1 N–H and O–H groups in total. The second-order valence-electron chi connectivity index (χ2n) is 7.95. The van der Waals surface area contributed by atoms with Gasteiger partial charge in [0.1, 0.15) is 0 Å². The van der Waals surface area contributed by atoms with Crippen molar-refractivity contribution in [2.45, 2.75) is 32.2 Å². The van der Waals surface area contributed by atoms with Crippen LogP contribution in [0.5, 0.6) is 0 Å². The third kappa shape index (κ3) is 3.92. The van der Waals surface area contributed by atoms with Crippen molar-refractivity contribution < 1.29 is 0 Å². The van der Waals surface area contributed by atoms with Crippen LogP contribution >= 0.6 is 24.8 Å². The number of nitrogens with one attached hydrogen (secondary N) is 1. The number of nitrogens with zero attached hydrogens (tertiary/aromatic N) is 1. The number of unbranched alkanes of at least 4 members (excludes halogenated alkanes) is 1. The molecule has 29 heavy (non-hydrogen) atoms. The van der Waals surface area contributed by atoms with E-state index in [1.165, 1.54) is 57.1 Å². The van der Waals surface area contributed by atoms with Crippen LogP contribution in [0.15, 0.2) is 54.6 Å². The number of hydrogen-bond donors (Lipinski definition) is 1. The monoisotopic (exact) mass is 428 g/mol. The molecule has 0 bridgehead atoms. The summed E-state index contributed by atoms with van der Waals surface area (Å²) in [6, 6.07) is 21.2. The lowest BCUT2D eigenvalue weighted by Crippen LogP contribution is -2.45. The van der Waals surface area contributed by atoms with Gasteiger partial charge in [-0.3, -0.25) is 4.90 Å². The van der Waals surface area contributed by atoms with Crippen molar-refractivity contribution in [3.8, 4) is 0 Å². The Hall–Kier alpha value is -1.58. The van der Waals surface area contributed by atoms with Crippen LogP contribution in [0, 0.1) is 0 Å². The van der Waals surface area contributed by atoms with E-state index in [4.69, 9.17) is 0 Å². The van der Waals surface area contributed by atoms with E-state index in [9.17, 15) is 0 Å². The van der Waals surface area contributed by atoms with Gasteiger partial charge in [0.15, 0.2) is 0 Å². The molecule has 0 amide bonds. The molecule has 1 saturated heterocycles. The Morgan fingerprint density at radius 3 is 2.14 bits per heavy atom. The summed E-state index contributed by atoms with van der Waals surface area (Å²) in [7, 11) is 0. The highest BCUT2D eigenvalue weighted by Gasteiger charge is 2.24. The van der Waals surface area contributed by atoms with E-state index in [1.807, 2.05) is 0 Å². The molecule has 4 aromatic rings. The Kier molecular flexibility index (Phi) is 7.23. The minimum Gasteiger partial charge on any atom is -0.314 e. The Labute approximate surface area is 185 Å². The highest BCUT2D eigenvalue weighted by molar-refractivity contribution is 6.23. The second kappa shape index (κ2) is 9.49. The van der Waals surface area contributed by atoms with Crippen LogP contribution in [0.2, 0.25) is 0 Å². The van der Waals surface area contributed by atoms with Gasteiger partial charge in [0.05, 0.1) is 0 Å². The number of benzene rings is 4. The smallest absolute Gasteiger partial charge is 0.0355 e. The van der Waals surface area contributed by atoms with Crippen LogP contribution in [-0.2, 0) is 0 Å². The van der Waals surface area contributed by atoms with Crippen LogP contribution in [-0.4, -0.2) is 31.1 Å². The van der Waals surface area contributed by atoms with Gasteiger partial charge in [-0.15, -0.1) is 24.8 Å². The first-order valence-electron chi connectivity index (χ1n) is 10.5. The van der Waals surface area contributed by atoms with Gasteiger partial charge in [0.25, 0.3) is 0 Å². The molecule has 0 aromatic heterocycles. The van der Waals surface area contributed by atoms with Crippen LogP contribution < -0.4 is 5.32 Å². The van der Waals surface area contributed by atoms with Crippen molar-refractivity contribution in [1.29, 1.82) is 0 Å². The first kappa shape index (κ1) is 22.1. The van der Waals surface area contributed by atoms with E-state index in [-0.39, 0.29) is 24.8 Å². The van der Waals surface area contributed by atoms with E-state index in [1.54, 1.807) is 0 Å². The lowest BCUT2D eigenvalue weighted by atomic mass is 9.88. The van der Waals surface area contributed by atoms with Crippen molar-refractivity contribution in [3.05, 3.63) is 60.2 Å². The molecular weight excluding hydrogens is 399 g/mol. The summed E-state index contributed by atoms with van der Waals surface area (Å²) in [5, 5.41) is 11.9. The standard InChI is InChI=1S/C25H28N2.2ClH/c1-2-3-7-23(27-16-14-26-15-17-27)21-12-10-20-9-8-18-5-4-6-19-11-13-22(21)25(20)24(18)19;;/h4-6,8-13,23,26H,2-3,7,14-17H2,1H3;2*1H/t23-;;/m1../s1. The van der Waals surface area contributed by atoms with E-state index in [2.05, 4.69) is 71.7 Å². The molecule has 2 nitrogen and oxygen atoms in total. The predicted octanol–water partition coefficient (Wildman–Crippen LogP) is 6.56. The molecule has 0 radical (unpaired) electrons. The summed E-state index contributed by atoms with van der Waals surface area (Å²) in [6.45, 7) is 6.81. The van der Waals surface area contributed by atoms with Gasteiger partial charge in [-0.05, 0) is 44.3 Å². The molecule has 1 fully saturated rings. The summed E-state index contributed by atoms with van der Waals surface area (Å²) in [5.74, 6) is 0. The van der Waals surface area contributed by atoms with Gasteiger partial charge in [0.2, 0.25) is 0 Å². The molecule has 4 heteroatoms. The van der Waals surface area contributed by atoms with Gasteiger partial charge in [-0.2, -0.15) is 0 Å². The zero-order valence-corrected chi connectivity index (χ0v) is 18.6. The largest absolute Gasteiger partial charge is 0.314 e. The zero-order valence-electron chi connectivity index (χ0n) is 17.0. The quantitative estimate of drug-likeness (QED) is 0.361. The average molecular weight is 429 g/mol. The van der Waals surface area contributed by atoms with Crippen LogP contribution in [0.3, 0.4) is 0 Å². The van der Waals surface area contributed by atoms with Gasteiger partial charge in [-0.25, -0.2) is 0 Å². The van der Waals surface area contributed by atoms with Gasteiger partial charge in [-0.1, -0.05) is 74.4 Å². The van der Waals surface area contributed by atoms with Crippen LogP contribution in [0.1, 0.15) is 37.8 Å². The molecule has 1 atom stereocenters. The molecule has 154 valence electrons. The van der Waals surface area contributed by atoms with Crippen molar-refractivity contribution >= 4 is 57.1 Å². The Morgan fingerprint density at radius 2 is 1.45 bits per heavy atom. The highest BCUT2D eigenvalue weighted by Crippen LogP contribution is 2.39. The number of hydrogen-bond acceptors (Lipinski definition) is 2. The molecule has 0 aliphatic carbocycles. The first-order chi connectivity index (χ1) is 13.4. The first-order valence-corrected chi connectivity index (χ1v) is 10.5. The average Bonchev–Trinajstić information content (AvgIpc) is 2.74. The number of rotatable bonds is 5. The van der Waals surface area contributed by atoms with Crippen molar-refractivity contribution in [3.63, 3.8) is 0 Å². The van der Waals surface area contributed by atoms with E-state index in [0.717, 1.165) is 26.2 Å². The Balaban J connectivity index is 0.00000120. The maximum absolute atomic E-state index is 3.51. The van der Waals surface area contributed by atoms with Gasteiger partial charge < -0.3 is 5.32 Å². The molecule has 1 heterocycles. The highest BCUT2D eigenvalue weighted by atomic mass is 35.5. The maximum atomic E-state index is 3.51. The lowest BCUT2D eigenvalue weighted by Gasteiger charge is -2.36. The van der Waals surface area contributed by atoms with Crippen LogP contribution in [0.4, 0.5) is 0 Å². The third-order valence-corrected chi connectivity index (χ3v) is 6.34. The summed E-state index contributed by atoms with van der Waals surface area (Å²) < 4.78 is 0. The third-order valence-electron chi connectivity index (χ3n) is 6.34. The number of piperazine rings is 1. The van der Waals surface area contributed by atoms with Crippen molar-refractivity contribution in [1.82, 2.24) is 10.2 Å². The Bertz CT molecular complexity index is 1060. The molecule has 5 rings (SSSR count). The predicted molar refractivity (Wildman–Crippen MR) is 131 cm³/mol. The minimum absolute atomic E-state index is 0. The Morgan fingerprint density at radius 1 is 0.828 bits per heavy atom. The number of halogens is 2. The summed E-state index contributed by atoms with van der Waals surface area (Å²) >= 11 is 0. The fourth-order valence-corrected chi connectivity index (χ4v) is 4.97. The SMILES string of the molecule is CCCC[C@H](c1ccc2ccc3cccc4ccc1c2c34)N1CCNCC1.Cl.Cl. The molecule has 0 saturated carbocycles. The molecule has 1 aliphatic heterocycles. The summed E-state index contributed by atoms with van der Waals surface area (Å²) in [4.78, 5) is 2.71. The lowest BCUT2D eigenvalue weighted by molar-refractivity contribution is 0.164. The van der Waals surface area contributed by atoms with Gasteiger partial charge in [0, 0.05) is 32.2 Å².